The second-order valence-corrected chi connectivity index (χ2v) is 5.18. The van der Waals surface area contributed by atoms with Crippen molar-refractivity contribution in [2.45, 2.75) is 31.8 Å². The van der Waals surface area contributed by atoms with Gasteiger partial charge < -0.3 is 11.1 Å². The Morgan fingerprint density at radius 1 is 1.50 bits per heavy atom. The SMILES string of the molecule is NC1CCC(CNCc2cccs2)C1. The molecule has 0 aromatic carbocycles. The van der Waals surface area contributed by atoms with Gasteiger partial charge in [-0.25, -0.2) is 0 Å². The maximum Gasteiger partial charge on any atom is 0.0299 e. The summed E-state index contributed by atoms with van der Waals surface area (Å²) >= 11 is 1.82. The Morgan fingerprint density at radius 3 is 3.07 bits per heavy atom. The number of nitrogens with one attached hydrogen (secondary N) is 1. The molecule has 14 heavy (non-hydrogen) atoms. The van der Waals surface area contributed by atoms with E-state index < -0.39 is 0 Å². The first-order valence-corrected chi connectivity index (χ1v) is 6.21. The monoisotopic (exact) mass is 210 g/mol. The molecule has 1 heterocycles. The molecule has 3 N–H and O–H groups in total. The second kappa shape index (κ2) is 4.91. The summed E-state index contributed by atoms with van der Waals surface area (Å²) in [6.07, 6.45) is 3.72. The molecule has 2 atom stereocenters. The van der Waals surface area contributed by atoms with Gasteiger partial charge in [-0.2, -0.15) is 0 Å². The number of hydrogen-bond donors (Lipinski definition) is 2. The molecule has 2 rings (SSSR count). The Labute approximate surface area is 89.5 Å². The third kappa shape index (κ3) is 2.80. The molecule has 0 radical (unpaired) electrons. The predicted octanol–water partition coefficient (Wildman–Crippen LogP) is 1.97. The smallest absolute Gasteiger partial charge is 0.0299 e. The molecule has 3 heteroatoms. The van der Waals surface area contributed by atoms with E-state index in [1.807, 2.05) is 11.3 Å². The first-order chi connectivity index (χ1) is 6.84. The Hall–Kier alpha value is -0.380. The first kappa shape index (κ1) is 10.1. The van der Waals surface area contributed by atoms with Crippen LogP contribution in [-0.2, 0) is 6.54 Å². The molecular weight excluding hydrogens is 192 g/mol. The zero-order valence-electron chi connectivity index (χ0n) is 8.41. The second-order valence-electron chi connectivity index (χ2n) is 4.15. The topological polar surface area (TPSA) is 38.0 Å². The van der Waals surface area contributed by atoms with E-state index >= 15 is 0 Å². The van der Waals surface area contributed by atoms with Gasteiger partial charge in [0.2, 0.25) is 0 Å². The third-order valence-electron chi connectivity index (χ3n) is 2.89. The van der Waals surface area contributed by atoms with E-state index in [0.29, 0.717) is 6.04 Å². The molecule has 0 saturated heterocycles. The van der Waals surface area contributed by atoms with Crippen molar-refractivity contribution in [3.63, 3.8) is 0 Å². The molecule has 0 aliphatic heterocycles. The molecule has 1 saturated carbocycles. The lowest BCUT2D eigenvalue weighted by Crippen LogP contribution is -2.22. The average Bonchev–Trinajstić information content (AvgIpc) is 2.77. The van der Waals surface area contributed by atoms with Crippen LogP contribution in [0.1, 0.15) is 24.1 Å². The molecule has 1 aromatic heterocycles. The molecular formula is C11H18N2S. The van der Waals surface area contributed by atoms with Crippen LogP contribution < -0.4 is 11.1 Å². The van der Waals surface area contributed by atoms with Gasteiger partial charge in [-0.1, -0.05) is 6.07 Å². The minimum Gasteiger partial charge on any atom is -0.328 e. The Bertz CT molecular complexity index is 258. The summed E-state index contributed by atoms with van der Waals surface area (Å²) in [5, 5.41) is 5.63. The highest BCUT2D eigenvalue weighted by Crippen LogP contribution is 2.23. The molecule has 2 unspecified atom stereocenters. The van der Waals surface area contributed by atoms with Gasteiger partial charge >= 0.3 is 0 Å². The number of rotatable bonds is 4. The van der Waals surface area contributed by atoms with Crippen LogP contribution in [-0.4, -0.2) is 12.6 Å². The fourth-order valence-corrected chi connectivity index (χ4v) is 2.79. The molecule has 0 amide bonds. The van der Waals surface area contributed by atoms with Crippen molar-refractivity contribution in [2.75, 3.05) is 6.54 Å². The molecule has 2 nitrogen and oxygen atoms in total. The van der Waals surface area contributed by atoms with E-state index in [1.54, 1.807) is 0 Å². The lowest BCUT2D eigenvalue weighted by molar-refractivity contribution is 0.484. The fraction of sp³-hybridized carbons (Fsp3) is 0.636. The number of nitrogens with two attached hydrogens (primary N) is 1. The molecule has 1 fully saturated rings. The van der Waals surface area contributed by atoms with Crippen molar-refractivity contribution in [2.24, 2.45) is 11.7 Å². The quantitative estimate of drug-likeness (QED) is 0.797. The minimum atomic E-state index is 0.462. The highest BCUT2D eigenvalue weighted by molar-refractivity contribution is 7.09. The molecule has 1 aliphatic carbocycles. The predicted molar refractivity (Wildman–Crippen MR) is 61.3 cm³/mol. The van der Waals surface area contributed by atoms with Crippen LogP contribution in [0.3, 0.4) is 0 Å². The van der Waals surface area contributed by atoms with Gasteiger partial charge in [0.05, 0.1) is 0 Å². The van der Waals surface area contributed by atoms with Crippen molar-refractivity contribution >= 4 is 11.3 Å². The van der Waals surface area contributed by atoms with Crippen molar-refractivity contribution < 1.29 is 0 Å². The molecule has 0 bridgehead atoms. The Morgan fingerprint density at radius 2 is 2.43 bits per heavy atom. The Kier molecular flexibility index (Phi) is 3.56. The van der Waals surface area contributed by atoms with Gasteiger partial charge in [-0.05, 0) is 43.2 Å². The minimum absolute atomic E-state index is 0.462. The van der Waals surface area contributed by atoms with Crippen molar-refractivity contribution in [1.82, 2.24) is 5.32 Å². The number of thiophene rings is 1. The largest absolute Gasteiger partial charge is 0.328 e. The lowest BCUT2D eigenvalue weighted by Gasteiger charge is -2.09. The molecule has 0 spiro atoms. The van der Waals surface area contributed by atoms with Crippen molar-refractivity contribution in [3.05, 3.63) is 22.4 Å². The summed E-state index contributed by atoms with van der Waals surface area (Å²) in [6, 6.07) is 4.74. The van der Waals surface area contributed by atoms with Crippen molar-refractivity contribution in [3.8, 4) is 0 Å². The molecule has 1 aromatic rings. The van der Waals surface area contributed by atoms with Gasteiger partial charge in [0, 0.05) is 17.5 Å². The van der Waals surface area contributed by atoms with Crippen LogP contribution in [0.5, 0.6) is 0 Å². The summed E-state index contributed by atoms with van der Waals surface area (Å²) in [5.41, 5.74) is 5.87. The van der Waals surface area contributed by atoms with E-state index in [9.17, 15) is 0 Å². The van der Waals surface area contributed by atoms with E-state index in [1.165, 1.54) is 24.1 Å². The van der Waals surface area contributed by atoms with Crippen molar-refractivity contribution in [1.29, 1.82) is 0 Å². The van der Waals surface area contributed by atoms with E-state index in [2.05, 4.69) is 22.8 Å². The van der Waals surface area contributed by atoms with Crippen LogP contribution in [0.15, 0.2) is 17.5 Å². The highest BCUT2D eigenvalue weighted by Gasteiger charge is 2.20. The average molecular weight is 210 g/mol. The molecule has 1 aliphatic rings. The summed E-state index contributed by atoms with van der Waals surface area (Å²) in [4.78, 5) is 1.42. The zero-order valence-corrected chi connectivity index (χ0v) is 9.22. The highest BCUT2D eigenvalue weighted by atomic mass is 32.1. The summed E-state index contributed by atoms with van der Waals surface area (Å²) in [6.45, 7) is 2.15. The fourth-order valence-electron chi connectivity index (χ4n) is 2.11. The van der Waals surface area contributed by atoms with Crippen LogP contribution in [0.4, 0.5) is 0 Å². The van der Waals surface area contributed by atoms with E-state index in [4.69, 9.17) is 5.73 Å². The van der Waals surface area contributed by atoms with E-state index in [-0.39, 0.29) is 0 Å². The van der Waals surface area contributed by atoms with Crippen LogP contribution >= 0.6 is 11.3 Å². The molecule has 78 valence electrons. The van der Waals surface area contributed by atoms with Crippen LogP contribution in [0, 0.1) is 5.92 Å². The van der Waals surface area contributed by atoms with Gasteiger partial charge in [0.1, 0.15) is 0 Å². The van der Waals surface area contributed by atoms with Crippen LogP contribution in [0.2, 0.25) is 0 Å². The standard InChI is InChI=1S/C11H18N2S/c12-10-4-3-9(6-10)7-13-8-11-2-1-5-14-11/h1-2,5,9-10,13H,3-4,6-8,12H2. The lowest BCUT2D eigenvalue weighted by atomic mass is 10.1. The number of hydrogen-bond acceptors (Lipinski definition) is 3. The normalized spacial score (nSPS) is 26.9. The summed E-state index contributed by atoms with van der Waals surface area (Å²) < 4.78 is 0. The zero-order chi connectivity index (χ0) is 9.80. The van der Waals surface area contributed by atoms with Gasteiger partial charge in [-0.3, -0.25) is 0 Å². The maximum atomic E-state index is 5.87. The third-order valence-corrected chi connectivity index (χ3v) is 3.77. The van der Waals surface area contributed by atoms with Gasteiger partial charge in [0.15, 0.2) is 0 Å². The Balaban J connectivity index is 1.64. The van der Waals surface area contributed by atoms with Gasteiger partial charge in [-0.15, -0.1) is 11.3 Å². The van der Waals surface area contributed by atoms with Crippen LogP contribution in [0.25, 0.3) is 0 Å². The first-order valence-electron chi connectivity index (χ1n) is 5.33. The van der Waals surface area contributed by atoms with Gasteiger partial charge in [0.25, 0.3) is 0 Å². The summed E-state index contributed by atoms with van der Waals surface area (Å²) in [5.74, 6) is 0.810. The summed E-state index contributed by atoms with van der Waals surface area (Å²) in [7, 11) is 0. The maximum absolute atomic E-state index is 5.87. The van der Waals surface area contributed by atoms with E-state index in [0.717, 1.165) is 19.0 Å².